The Labute approximate surface area is 158 Å². The number of methoxy groups -OCH3 is 2. The Bertz CT molecular complexity index is 719. The van der Waals surface area contributed by atoms with Crippen LogP contribution in [-0.2, 0) is 14.3 Å². The van der Waals surface area contributed by atoms with Gasteiger partial charge in [-0.1, -0.05) is 0 Å². The van der Waals surface area contributed by atoms with Gasteiger partial charge in [-0.15, -0.1) is 0 Å². The quantitative estimate of drug-likeness (QED) is 0.536. The van der Waals surface area contributed by atoms with Crippen molar-refractivity contribution in [2.45, 2.75) is 25.7 Å². The van der Waals surface area contributed by atoms with Crippen molar-refractivity contribution in [1.29, 1.82) is 0 Å². The molecule has 1 heterocycles. The predicted molar refractivity (Wildman–Crippen MR) is 96.9 cm³/mol. The van der Waals surface area contributed by atoms with E-state index in [2.05, 4.69) is 0 Å². The summed E-state index contributed by atoms with van der Waals surface area (Å²) in [5.41, 5.74) is 0.394. The average molecular weight is 375 g/mol. The van der Waals surface area contributed by atoms with Crippen LogP contribution in [0.2, 0.25) is 0 Å². The van der Waals surface area contributed by atoms with Gasteiger partial charge in [-0.05, 0) is 43.9 Å². The number of esters is 1. The summed E-state index contributed by atoms with van der Waals surface area (Å²) in [6.07, 6.45) is 3.14. The van der Waals surface area contributed by atoms with Crippen molar-refractivity contribution in [2.24, 2.45) is 11.8 Å². The number of ether oxygens (including phenoxy) is 3. The van der Waals surface area contributed by atoms with Crippen LogP contribution in [0.25, 0.3) is 0 Å². The molecule has 3 rings (SSSR count). The molecule has 0 N–H and O–H groups in total. The Balaban J connectivity index is 1.47. The molecule has 146 valence electrons. The van der Waals surface area contributed by atoms with Crippen LogP contribution < -0.4 is 9.47 Å². The van der Waals surface area contributed by atoms with Gasteiger partial charge in [0.05, 0.1) is 20.1 Å². The number of likely N-dealkylation sites (tertiary alicyclic amines) is 1. The molecule has 1 aliphatic heterocycles. The number of Topliss-reactive ketones (excluding diaryl/α,β-unsaturated/α-hetero) is 1. The molecular weight excluding hydrogens is 350 g/mol. The van der Waals surface area contributed by atoms with E-state index in [1.54, 1.807) is 18.2 Å². The van der Waals surface area contributed by atoms with Crippen LogP contribution in [0.5, 0.6) is 11.5 Å². The highest BCUT2D eigenvalue weighted by Gasteiger charge is 2.36. The summed E-state index contributed by atoms with van der Waals surface area (Å²) < 4.78 is 15.5. The van der Waals surface area contributed by atoms with Crippen LogP contribution in [0.15, 0.2) is 18.2 Å². The summed E-state index contributed by atoms with van der Waals surface area (Å²) in [4.78, 5) is 38.5. The van der Waals surface area contributed by atoms with Gasteiger partial charge in [0.1, 0.15) is 0 Å². The highest BCUT2D eigenvalue weighted by molar-refractivity contribution is 5.98. The minimum absolute atomic E-state index is 0.201. The topological polar surface area (TPSA) is 82.1 Å². The maximum absolute atomic E-state index is 12.3. The van der Waals surface area contributed by atoms with Crippen molar-refractivity contribution in [2.75, 3.05) is 33.9 Å². The second-order valence-corrected chi connectivity index (χ2v) is 6.97. The van der Waals surface area contributed by atoms with E-state index in [0.717, 1.165) is 12.8 Å². The van der Waals surface area contributed by atoms with Gasteiger partial charge in [0.2, 0.25) is 5.91 Å². The number of ketones is 1. The highest BCUT2D eigenvalue weighted by atomic mass is 16.5. The van der Waals surface area contributed by atoms with E-state index < -0.39 is 0 Å². The third-order valence-corrected chi connectivity index (χ3v) is 5.12. The van der Waals surface area contributed by atoms with Crippen molar-refractivity contribution in [1.82, 2.24) is 4.90 Å². The molecule has 0 aromatic heterocycles. The summed E-state index contributed by atoms with van der Waals surface area (Å²) >= 11 is 0. The number of amides is 1. The third-order valence-electron chi connectivity index (χ3n) is 5.12. The molecule has 0 spiro atoms. The molecular formula is C20H25NO6. The van der Waals surface area contributed by atoms with E-state index in [9.17, 15) is 14.4 Å². The first-order valence-corrected chi connectivity index (χ1v) is 9.24. The maximum Gasteiger partial charge on any atom is 0.309 e. The largest absolute Gasteiger partial charge is 0.493 e. The zero-order chi connectivity index (χ0) is 19.4. The maximum atomic E-state index is 12.3. The molecule has 0 unspecified atom stereocenters. The molecule has 0 atom stereocenters. The SMILES string of the molecule is COc1ccc(C(=O)COC(=O)C2CCN(C(=O)C3CC3)CC2)cc1OC. The van der Waals surface area contributed by atoms with Crippen LogP contribution >= 0.6 is 0 Å². The van der Waals surface area contributed by atoms with Crippen molar-refractivity contribution in [3.63, 3.8) is 0 Å². The molecule has 1 saturated carbocycles. The minimum Gasteiger partial charge on any atom is -0.493 e. The van der Waals surface area contributed by atoms with Gasteiger partial charge >= 0.3 is 5.97 Å². The number of rotatable bonds is 7. The van der Waals surface area contributed by atoms with Gasteiger partial charge in [-0.25, -0.2) is 0 Å². The number of benzene rings is 1. The number of hydrogen-bond acceptors (Lipinski definition) is 6. The predicted octanol–water partition coefficient (Wildman–Crippen LogP) is 2.08. The molecule has 1 aromatic rings. The van der Waals surface area contributed by atoms with E-state index in [0.29, 0.717) is 43.0 Å². The Kier molecular flexibility index (Phi) is 5.98. The third kappa shape index (κ3) is 4.59. The molecule has 7 heteroatoms. The van der Waals surface area contributed by atoms with Crippen LogP contribution in [0.4, 0.5) is 0 Å². The summed E-state index contributed by atoms with van der Waals surface area (Å²) in [5, 5.41) is 0. The molecule has 27 heavy (non-hydrogen) atoms. The van der Waals surface area contributed by atoms with E-state index in [4.69, 9.17) is 14.2 Å². The van der Waals surface area contributed by atoms with Gasteiger partial charge in [-0.2, -0.15) is 0 Å². The Morgan fingerprint density at radius 3 is 2.22 bits per heavy atom. The average Bonchev–Trinajstić information content (AvgIpc) is 3.56. The van der Waals surface area contributed by atoms with E-state index >= 15 is 0 Å². The number of nitrogens with zero attached hydrogens (tertiary/aromatic N) is 1. The Hall–Kier alpha value is -2.57. The molecule has 1 aromatic carbocycles. The fourth-order valence-electron chi connectivity index (χ4n) is 3.27. The number of carbonyl (C=O) groups excluding carboxylic acids is 3. The lowest BCUT2D eigenvalue weighted by Crippen LogP contribution is -2.41. The van der Waals surface area contributed by atoms with Crippen molar-refractivity contribution < 1.29 is 28.6 Å². The highest BCUT2D eigenvalue weighted by Crippen LogP contribution is 2.32. The van der Waals surface area contributed by atoms with Gasteiger partial charge in [0.25, 0.3) is 0 Å². The zero-order valence-electron chi connectivity index (χ0n) is 15.7. The zero-order valence-corrected chi connectivity index (χ0v) is 15.7. The summed E-state index contributed by atoms with van der Waals surface area (Å²) in [5.74, 6) is 0.457. The van der Waals surface area contributed by atoms with Gasteiger partial charge in [0, 0.05) is 24.6 Å². The molecule has 0 bridgehead atoms. The number of hydrogen-bond donors (Lipinski definition) is 0. The first kappa shape index (κ1) is 19.2. The molecule has 7 nitrogen and oxygen atoms in total. The molecule has 0 radical (unpaired) electrons. The Morgan fingerprint density at radius 2 is 1.63 bits per heavy atom. The van der Waals surface area contributed by atoms with E-state index in [1.807, 2.05) is 4.90 Å². The van der Waals surface area contributed by atoms with Crippen molar-refractivity contribution in [3.05, 3.63) is 23.8 Å². The van der Waals surface area contributed by atoms with E-state index in [1.165, 1.54) is 14.2 Å². The lowest BCUT2D eigenvalue weighted by atomic mass is 9.96. The smallest absolute Gasteiger partial charge is 0.309 e. The first-order chi connectivity index (χ1) is 13.0. The lowest BCUT2D eigenvalue weighted by molar-refractivity contribution is -0.150. The van der Waals surface area contributed by atoms with Gasteiger partial charge in [0.15, 0.2) is 23.9 Å². The fraction of sp³-hybridized carbons (Fsp3) is 0.550. The van der Waals surface area contributed by atoms with Crippen LogP contribution in [0.3, 0.4) is 0 Å². The minimum atomic E-state index is -0.373. The molecule has 2 aliphatic rings. The lowest BCUT2D eigenvalue weighted by Gasteiger charge is -2.31. The number of piperidine rings is 1. The standard InChI is InChI=1S/C20H25NO6/c1-25-17-6-5-15(11-18(17)26-2)16(22)12-27-20(24)14-7-9-21(10-8-14)19(23)13-3-4-13/h5-6,11,13-14H,3-4,7-10,12H2,1-2H3. The number of carbonyl (C=O) groups is 3. The van der Waals surface area contributed by atoms with Gasteiger partial charge in [-0.3, -0.25) is 14.4 Å². The molecule has 1 aliphatic carbocycles. The fourth-order valence-corrected chi connectivity index (χ4v) is 3.27. The summed E-state index contributed by atoms with van der Waals surface area (Å²) in [6.45, 7) is 0.854. The van der Waals surface area contributed by atoms with Gasteiger partial charge < -0.3 is 19.1 Å². The second-order valence-electron chi connectivity index (χ2n) is 6.97. The Morgan fingerprint density at radius 1 is 0.963 bits per heavy atom. The summed E-state index contributed by atoms with van der Waals surface area (Å²) in [7, 11) is 3.01. The van der Waals surface area contributed by atoms with Crippen LogP contribution in [0.1, 0.15) is 36.0 Å². The monoisotopic (exact) mass is 375 g/mol. The molecule has 1 amide bonds. The van der Waals surface area contributed by atoms with E-state index in [-0.39, 0.29) is 36.1 Å². The first-order valence-electron chi connectivity index (χ1n) is 9.24. The second kappa shape index (κ2) is 8.41. The molecule has 1 saturated heterocycles. The van der Waals surface area contributed by atoms with Crippen LogP contribution in [-0.4, -0.2) is 56.5 Å². The van der Waals surface area contributed by atoms with Crippen LogP contribution in [0, 0.1) is 11.8 Å². The van der Waals surface area contributed by atoms with Crippen molar-refractivity contribution in [3.8, 4) is 11.5 Å². The van der Waals surface area contributed by atoms with Crippen molar-refractivity contribution >= 4 is 17.7 Å². The summed E-state index contributed by atoms with van der Waals surface area (Å²) in [6, 6.07) is 4.82. The normalized spacial score (nSPS) is 17.3. The molecule has 2 fully saturated rings.